The number of rotatable bonds is 9. The van der Waals surface area contributed by atoms with Gasteiger partial charge in [0.05, 0.1) is 4.90 Å². The second-order valence-corrected chi connectivity index (χ2v) is 12.8. The number of carboxylic acid groups (broad SMARTS) is 1. The lowest BCUT2D eigenvalue weighted by molar-refractivity contribution is -0.137. The van der Waals surface area contributed by atoms with Crippen molar-refractivity contribution in [3.8, 4) is 0 Å². The van der Waals surface area contributed by atoms with Crippen molar-refractivity contribution in [2.75, 3.05) is 6.54 Å². The number of aliphatic carboxylic acids is 1. The van der Waals surface area contributed by atoms with Crippen LogP contribution < -0.4 is 0 Å². The molecule has 36 heavy (non-hydrogen) atoms. The lowest BCUT2D eigenvalue weighted by Gasteiger charge is -2.50. The lowest BCUT2D eigenvalue weighted by Crippen LogP contribution is -2.60. The molecule has 1 N–H and O–H groups in total. The van der Waals surface area contributed by atoms with Gasteiger partial charge in [0, 0.05) is 29.6 Å². The maximum Gasteiger partial charge on any atom is 0.511 e. The Morgan fingerprint density at radius 1 is 1.06 bits per heavy atom. The monoisotopic (exact) mass is 575 g/mol. The summed E-state index contributed by atoms with van der Waals surface area (Å²) in [7, 11) is -10.6. The van der Waals surface area contributed by atoms with Crippen LogP contribution >= 0.6 is 11.6 Å². The predicted octanol–water partition coefficient (Wildman–Crippen LogP) is 4.47. The molecule has 7 nitrogen and oxygen atoms in total. The second kappa shape index (κ2) is 9.88. The molecule has 1 saturated carbocycles. The van der Waals surface area contributed by atoms with Crippen LogP contribution in [0.25, 0.3) is 0 Å². The number of nitrogens with zero attached hydrogens (tertiary/aromatic N) is 1. The number of benzene rings is 2. The van der Waals surface area contributed by atoms with Crippen molar-refractivity contribution in [1.82, 2.24) is 4.31 Å². The van der Waals surface area contributed by atoms with Gasteiger partial charge in [0.25, 0.3) is 0 Å². The van der Waals surface area contributed by atoms with Gasteiger partial charge >= 0.3 is 21.5 Å². The van der Waals surface area contributed by atoms with Crippen molar-refractivity contribution in [1.29, 1.82) is 0 Å². The summed E-state index contributed by atoms with van der Waals surface area (Å²) in [5.41, 5.74) is -6.42. The molecule has 198 valence electrons. The molecule has 0 saturated heterocycles. The molecule has 2 aromatic carbocycles. The minimum Gasteiger partial charge on any atom is -0.481 e. The molecule has 0 atom stereocenters. The molecule has 0 aliphatic heterocycles. The van der Waals surface area contributed by atoms with E-state index in [0.29, 0.717) is 12.1 Å². The molecule has 0 radical (unpaired) electrons. The minimum absolute atomic E-state index is 0.0111. The number of hydrogen-bond donors (Lipinski definition) is 1. The van der Waals surface area contributed by atoms with E-state index in [2.05, 4.69) is 0 Å². The van der Waals surface area contributed by atoms with Crippen molar-refractivity contribution < 1.29 is 48.7 Å². The molecule has 0 bridgehead atoms. The Morgan fingerprint density at radius 2 is 1.64 bits per heavy atom. The number of sulfone groups is 1. The Morgan fingerprint density at radius 3 is 2.17 bits per heavy atom. The van der Waals surface area contributed by atoms with Crippen molar-refractivity contribution in [3.05, 3.63) is 64.7 Å². The van der Waals surface area contributed by atoms with Gasteiger partial charge in [0.15, 0.2) is 9.84 Å². The van der Waals surface area contributed by atoms with Crippen LogP contribution in [-0.2, 0) is 29.4 Å². The molecule has 0 amide bonds. The zero-order valence-corrected chi connectivity index (χ0v) is 20.6. The van der Waals surface area contributed by atoms with Gasteiger partial charge in [-0.3, -0.25) is 4.79 Å². The van der Waals surface area contributed by atoms with E-state index in [-0.39, 0.29) is 14.2 Å². The number of alkyl halides is 3. The van der Waals surface area contributed by atoms with Crippen LogP contribution in [0.1, 0.15) is 31.2 Å². The number of carbonyl (C=O) groups is 1. The van der Waals surface area contributed by atoms with Crippen molar-refractivity contribution in [2.24, 2.45) is 0 Å². The van der Waals surface area contributed by atoms with Crippen molar-refractivity contribution in [2.45, 2.75) is 46.9 Å². The zero-order valence-electron chi connectivity index (χ0n) is 18.2. The molecule has 1 aliphatic carbocycles. The van der Waals surface area contributed by atoms with Gasteiger partial charge in [0.1, 0.15) is 16.4 Å². The number of hydrogen-bond acceptors (Lipinski definition) is 5. The average molecular weight is 576 g/mol. The topological polar surface area (TPSA) is 109 Å². The fourth-order valence-corrected chi connectivity index (χ4v) is 7.71. The maximum atomic E-state index is 14.8. The lowest BCUT2D eigenvalue weighted by atomic mass is 9.74. The molecule has 0 heterocycles. The highest BCUT2D eigenvalue weighted by molar-refractivity contribution is 7.92. The molecule has 0 aromatic heterocycles. The smallest absolute Gasteiger partial charge is 0.481 e. The van der Waals surface area contributed by atoms with Gasteiger partial charge in [-0.15, -0.1) is 0 Å². The summed E-state index contributed by atoms with van der Waals surface area (Å²) in [5, 5.41) is 8.94. The van der Waals surface area contributed by atoms with Crippen LogP contribution in [0.3, 0.4) is 0 Å². The van der Waals surface area contributed by atoms with E-state index in [1.807, 2.05) is 0 Å². The van der Waals surface area contributed by atoms with E-state index in [9.17, 15) is 43.6 Å². The van der Waals surface area contributed by atoms with Crippen molar-refractivity contribution in [3.63, 3.8) is 0 Å². The van der Waals surface area contributed by atoms with E-state index in [0.717, 1.165) is 18.2 Å². The standard InChI is InChI=1S/C21H19ClF5NO6S2/c22-13-3-6-16(7-4-13)35(31,32)20(17-10-14(23)5-8-18(17)24)11-15(12-20)28(9-1-2-19(29)30)36(33,34)21(25,26)27/h3-8,10,15H,1-2,9,11-12H2,(H,29,30)/t15-,20-. The molecule has 1 aliphatic rings. The van der Waals surface area contributed by atoms with Crippen LogP contribution in [0, 0.1) is 11.6 Å². The number of halogens is 6. The molecule has 1 fully saturated rings. The Hall–Kier alpha value is -2.29. The summed E-state index contributed by atoms with van der Waals surface area (Å²) in [5.74, 6) is -3.54. The Labute approximate surface area is 208 Å². The molecule has 3 rings (SSSR count). The first-order valence-corrected chi connectivity index (χ1v) is 13.6. The van der Waals surface area contributed by atoms with Crippen LogP contribution in [0.2, 0.25) is 5.02 Å². The first-order valence-electron chi connectivity index (χ1n) is 10.3. The third kappa shape index (κ3) is 5.08. The molecule has 15 heteroatoms. The second-order valence-electron chi connectivity index (χ2n) is 8.20. The summed E-state index contributed by atoms with van der Waals surface area (Å²) in [6.07, 6.45) is -2.81. The van der Waals surface area contributed by atoms with Crippen LogP contribution in [0.15, 0.2) is 47.4 Å². The first kappa shape index (κ1) is 28.3. The van der Waals surface area contributed by atoms with E-state index in [1.54, 1.807) is 0 Å². The minimum atomic E-state index is -6.00. The fourth-order valence-electron chi connectivity index (χ4n) is 4.19. The normalized spacial score (nSPS) is 20.8. The molecular formula is C21H19ClF5NO6S2. The van der Waals surface area contributed by atoms with E-state index < -0.39 is 91.6 Å². The summed E-state index contributed by atoms with van der Waals surface area (Å²) in [4.78, 5) is 10.4. The quantitative estimate of drug-likeness (QED) is 0.442. The van der Waals surface area contributed by atoms with Crippen molar-refractivity contribution >= 4 is 37.4 Å². The van der Waals surface area contributed by atoms with Gasteiger partial charge in [-0.1, -0.05) is 11.6 Å². The number of sulfonamides is 1. The first-order chi connectivity index (χ1) is 16.5. The Kier molecular flexibility index (Phi) is 7.76. The van der Waals surface area contributed by atoms with Gasteiger partial charge < -0.3 is 5.11 Å². The van der Waals surface area contributed by atoms with Gasteiger partial charge in [-0.05, 0) is 61.7 Å². The fraction of sp³-hybridized carbons (Fsp3) is 0.381. The SMILES string of the molecule is O=C(O)CCCN([C@H]1C[C@](c2cc(F)ccc2F)(S(=O)(=O)c2ccc(Cl)cc2)C1)S(=O)(=O)C(F)(F)F. The van der Waals surface area contributed by atoms with Gasteiger partial charge in [-0.25, -0.2) is 25.6 Å². The zero-order chi connectivity index (χ0) is 27.1. The van der Waals surface area contributed by atoms with Crippen LogP contribution in [0.5, 0.6) is 0 Å². The highest BCUT2D eigenvalue weighted by Crippen LogP contribution is 2.54. The maximum absolute atomic E-state index is 14.8. The highest BCUT2D eigenvalue weighted by Gasteiger charge is 2.62. The van der Waals surface area contributed by atoms with E-state index in [1.165, 1.54) is 12.1 Å². The molecular weight excluding hydrogens is 557 g/mol. The summed E-state index contributed by atoms with van der Waals surface area (Å²) in [6, 6.07) is 5.00. The summed E-state index contributed by atoms with van der Waals surface area (Å²) in [6.45, 7) is -0.873. The number of carboxylic acids is 1. The third-order valence-corrected chi connectivity index (χ3v) is 10.4. The van der Waals surface area contributed by atoms with Gasteiger partial charge in [0.2, 0.25) is 0 Å². The van der Waals surface area contributed by atoms with E-state index >= 15 is 0 Å². The predicted molar refractivity (Wildman–Crippen MR) is 118 cm³/mol. The van der Waals surface area contributed by atoms with Crippen LogP contribution in [0.4, 0.5) is 22.0 Å². The van der Waals surface area contributed by atoms with E-state index in [4.69, 9.17) is 16.7 Å². The van der Waals surface area contributed by atoms with Crippen LogP contribution in [-0.4, -0.2) is 50.3 Å². The largest absolute Gasteiger partial charge is 0.511 e. The average Bonchev–Trinajstić information content (AvgIpc) is 2.73. The highest BCUT2D eigenvalue weighted by atomic mass is 35.5. The molecule has 0 unspecified atom stereocenters. The Balaban J connectivity index is 2.10. The third-order valence-electron chi connectivity index (χ3n) is 5.97. The summed E-state index contributed by atoms with van der Waals surface area (Å²) >= 11 is 5.79. The Bertz CT molecular complexity index is 1360. The summed E-state index contributed by atoms with van der Waals surface area (Å²) < 4.78 is 118. The van der Waals surface area contributed by atoms with Gasteiger partial charge in [-0.2, -0.15) is 17.5 Å². The molecule has 0 spiro atoms. The molecule has 2 aromatic rings.